The number of nitrogens with one attached hydrogen (secondary N) is 1. The number of carbonyl (C=O) groups excluding carboxylic acids is 2. The molecule has 1 aliphatic heterocycles. The zero-order chi connectivity index (χ0) is 20.2. The fourth-order valence-electron chi connectivity index (χ4n) is 3.65. The molecule has 0 unspecified atom stereocenters. The van der Waals surface area contributed by atoms with Crippen LogP contribution < -0.4 is 5.32 Å². The van der Waals surface area contributed by atoms with Crippen LogP contribution in [0.25, 0.3) is 11.0 Å². The minimum absolute atomic E-state index is 0.0263. The summed E-state index contributed by atoms with van der Waals surface area (Å²) in [6, 6.07) is 17.1. The van der Waals surface area contributed by atoms with E-state index in [1.807, 2.05) is 36.2 Å². The van der Waals surface area contributed by atoms with Crippen molar-refractivity contribution in [2.75, 3.05) is 32.7 Å². The number of aryl methyl sites for hydroxylation is 1. The van der Waals surface area contributed by atoms with Gasteiger partial charge in [0.2, 0.25) is 5.91 Å². The maximum absolute atomic E-state index is 12.4. The van der Waals surface area contributed by atoms with Gasteiger partial charge in [-0.2, -0.15) is 0 Å². The summed E-state index contributed by atoms with van der Waals surface area (Å²) >= 11 is 0. The van der Waals surface area contributed by atoms with E-state index in [0.717, 1.165) is 36.5 Å². The second kappa shape index (κ2) is 8.45. The molecule has 2 aromatic carbocycles. The van der Waals surface area contributed by atoms with Gasteiger partial charge in [-0.3, -0.25) is 14.5 Å². The van der Waals surface area contributed by atoms with Crippen LogP contribution in [0.3, 0.4) is 0 Å². The first-order valence-corrected chi connectivity index (χ1v) is 9.85. The second-order valence-corrected chi connectivity index (χ2v) is 7.28. The second-order valence-electron chi connectivity index (χ2n) is 7.28. The van der Waals surface area contributed by atoms with Gasteiger partial charge in [0.25, 0.3) is 5.91 Å². The van der Waals surface area contributed by atoms with Crippen LogP contribution in [0.2, 0.25) is 0 Å². The number of hydrogen-bond acceptors (Lipinski definition) is 4. The van der Waals surface area contributed by atoms with Gasteiger partial charge in [0.05, 0.1) is 24.1 Å². The lowest BCUT2D eigenvalue weighted by Gasteiger charge is -2.34. The molecule has 1 fully saturated rings. The first kappa shape index (κ1) is 19.1. The summed E-state index contributed by atoms with van der Waals surface area (Å²) < 4.78 is 2.13. The molecule has 2 amide bonds. The minimum atomic E-state index is -0.223. The lowest BCUT2D eigenvalue weighted by molar-refractivity contribution is -0.131. The molecule has 0 radical (unpaired) electrons. The fraction of sp³-hybridized carbons (Fsp3) is 0.318. The molecule has 1 aromatic heterocycles. The Bertz CT molecular complexity index is 1010. The molecule has 4 rings (SSSR count). The van der Waals surface area contributed by atoms with Gasteiger partial charge in [-0.15, -0.1) is 0 Å². The number of piperazine rings is 1. The maximum Gasteiger partial charge on any atom is 0.251 e. The molecule has 7 nitrogen and oxygen atoms in total. The van der Waals surface area contributed by atoms with Gasteiger partial charge in [-0.1, -0.05) is 30.3 Å². The molecule has 2 heterocycles. The average Bonchev–Trinajstić information content (AvgIpc) is 3.08. The van der Waals surface area contributed by atoms with Gasteiger partial charge in [-0.05, 0) is 24.3 Å². The maximum atomic E-state index is 12.4. The first-order valence-electron chi connectivity index (χ1n) is 9.85. The quantitative estimate of drug-likeness (QED) is 0.718. The van der Waals surface area contributed by atoms with E-state index >= 15 is 0 Å². The van der Waals surface area contributed by atoms with E-state index in [1.165, 1.54) is 0 Å². The Morgan fingerprint density at radius 3 is 2.38 bits per heavy atom. The predicted molar refractivity (Wildman–Crippen MR) is 111 cm³/mol. The van der Waals surface area contributed by atoms with Crippen molar-refractivity contribution in [3.63, 3.8) is 0 Å². The Morgan fingerprint density at radius 1 is 0.966 bits per heavy atom. The lowest BCUT2D eigenvalue weighted by atomic mass is 10.2. The Hall–Kier alpha value is -3.19. The van der Waals surface area contributed by atoms with E-state index in [2.05, 4.69) is 20.9 Å². The third-order valence-electron chi connectivity index (χ3n) is 5.41. The summed E-state index contributed by atoms with van der Waals surface area (Å²) in [5.74, 6) is 0.761. The van der Waals surface area contributed by atoms with Crippen LogP contribution in [0.4, 0.5) is 0 Å². The standard InChI is InChI=1S/C22H25N5O2/c1-25-19-10-6-5-9-18(19)24-20(25)16-26-11-13-27(14-12-26)21(28)15-23-22(29)17-7-3-2-4-8-17/h2-10H,11-16H2,1H3,(H,23,29). The van der Waals surface area contributed by atoms with E-state index in [1.54, 1.807) is 24.3 Å². The summed E-state index contributed by atoms with van der Waals surface area (Å²) in [5, 5.41) is 2.71. The molecule has 29 heavy (non-hydrogen) atoms. The highest BCUT2D eigenvalue weighted by molar-refractivity contribution is 5.96. The van der Waals surface area contributed by atoms with Crippen LogP contribution in [-0.4, -0.2) is 63.9 Å². The monoisotopic (exact) mass is 391 g/mol. The van der Waals surface area contributed by atoms with Crippen LogP contribution in [-0.2, 0) is 18.4 Å². The summed E-state index contributed by atoms with van der Waals surface area (Å²) in [4.78, 5) is 33.4. The van der Waals surface area contributed by atoms with E-state index in [0.29, 0.717) is 18.7 Å². The molecule has 1 aliphatic rings. The number of benzene rings is 2. The smallest absolute Gasteiger partial charge is 0.251 e. The molecule has 0 atom stereocenters. The Labute approximate surface area is 169 Å². The fourth-order valence-corrected chi connectivity index (χ4v) is 3.65. The molecule has 150 valence electrons. The van der Waals surface area contributed by atoms with Crippen molar-refractivity contribution in [3.8, 4) is 0 Å². The average molecular weight is 391 g/mol. The van der Waals surface area contributed by atoms with Crippen molar-refractivity contribution in [1.82, 2.24) is 24.7 Å². The molecule has 1 saturated heterocycles. The molecule has 0 saturated carbocycles. The number of hydrogen-bond donors (Lipinski definition) is 1. The van der Waals surface area contributed by atoms with Crippen LogP contribution in [0.15, 0.2) is 54.6 Å². The number of para-hydroxylation sites is 2. The van der Waals surface area contributed by atoms with E-state index in [-0.39, 0.29) is 18.4 Å². The number of rotatable bonds is 5. The predicted octanol–water partition coefficient (Wildman–Crippen LogP) is 1.65. The van der Waals surface area contributed by atoms with Crippen molar-refractivity contribution in [3.05, 3.63) is 66.0 Å². The number of aromatic nitrogens is 2. The normalized spacial score (nSPS) is 14.9. The van der Waals surface area contributed by atoms with Gasteiger partial charge >= 0.3 is 0 Å². The SMILES string of the molecule is Cn1c(CN2CCN(C(=O)CNC(=O)c3ccccc3)CC2)nc2ccccc21. The van der Waals surface area contributed by atoms with Crippen molar-refractivity contribution in [2.24, 2.45) is 7.05 Å². The minimum Gasteiger partial charge on any atom is -0.343 e. The molecule has 3 aromatic rings. The van der Waals surface area contributed by atoms with Crippen molar-refractivity contribution in [2.45, 2.75) is 6.54 Å². The first-order chi connectivity index (χ1) is 14.1. The number of amides is 2. The zero-order valence-electron chi connectivity index (χ0n) is 16.5. The molecule has 0 spiro atoms. The van der Waals surface area contributed by atoms with Gasteiger partial charge in [-0.25, -0.2) is 4.98 Å². The van der Waals surface area contributed by atoms with Crippen molar-refractivity contribution >= 4 is 22.8 Å². The molecular formula is C22H25N5O2. The van der Waals surface area contributed by atoms with Crippen LogP contribution in [0.5, 0.6) is 0 Å². The van der Waals surface area contributed by atoms with E-state index in [9.17, 15) is 9.59 Å². The van der Waals surface area contributed by atoms with E-state index in [4.69, 9.17) is 4.98 Å². The third-order valence-corrected chi connectivity index (χ3v) is 5.41. The molecule has 0 aliphatic carbocycles. The Morgan fingerprint density at radius 2 is 1.66 bits per heavy atom. The molecule has 1 N–H and O–H groups in total. The Balaban J connectivity index is 1.27. The van der Waals surface area contributed by atoms with Crippen LogP contribution in [0, 0.1) is 0 Å². The van der Waals surface area contributed by atoms with Gasteiger partial charge in [0, 0.05) is 38.8 Å². The van der Waals surface area contributed by atoms with Crippen molar-refractivity contribution < 1.29 is 9.59 Å². The van der Waals surface area contributed by atoms with Gasteiger partial charge in [0.1, 0.15) is 5.82 Å². The lowest BCUT2D eigenvalue weighted by Crippen LogP contribution is -2.51. The molecule has 0 bridgehead atoms. The summed E-state index contributed by atoms with van der Waals surface area (Å²) in [6.45, 7) is 3.69. The number of imidazole rings is 1. The van der Waals surface area contributed by atoms with Gasteiger partial charge in [0.15, 0.2) is 0 Å². The highest BCUT2D eigenvalue weighted by Gasteiger charge is 2.22. The summed E-state index contributed by atoms with van der Waals surface area (Å²) in [6.07, 6.45) is 0. The van der Waals surface area contributed by atoms with E-state index < -0.39 is 0 Å². The van der Waals surface area contributed by atoms with Crippen molar-refractivity contribution in [1.29, 1.82) is 0 Å². The number of fused-ring (bicyclic) bond motifs is 1. The zero-order valence-corrected chi connectivity index (χ0v) is 16.5. The summed E-state index contributed by atoms with van der Waals surface area (Å²) in [7, 11) is 2.04. The molecular weight excluding hydrogens is 366 g/mol. The third kappa shape index (κ3) is 4.30. The van der Waals surface area contributed by atoms with Gasteiger partial charge < -0.3 is 14.8 Å². The number of carbonyl (C=O) groups is 2. The topological polar surface area (TPSA) is 70.5 Å². The highest BCUT2D eigenvalue weighted by atomic mass is 16.2. The van der Waals surface area contributed by atoms with Crippen LogP contribution >= 0.6 is 0 Å². The molecule has 7 heteroatoms. The van der Waals surface area contributed by atoms with Crippen LogP contribution in [0.1, 0.15) is 16.2 Å². The number of nitrogens with zero attached hydrogens (tertiary/aromatic N) is 4. The highest BCUT2D eigenvalue weighted by Crippen LogP contribution is 2.16. The summed E-state index contributed by atoms with van der Waals surface area (Å²) in [5.41, 5.74) is 2.70. The largest absolute Gasteiger partial charge is 0.343 e. The Kier molecular flexibility index (Phi) is 5.57.